The van der Waals surface area contributed by atoms with E-state index in [0.717, 1.165) is 24.1 Å². The highest BCUT2D eigenvalue weighted by Gasteiger charge is 2.27. The number of nitrogens with zero attached hydrogens (tertiary/aromatic N) is 2. The quantitative estimate of drug-likeness (QED) is 0.815. The molecular formula is C17H20N2O4S2. The zero-order valence-corrected chi connectivity index (χ0v) is 15.8. The largest absolute Gasteiger partial charge is 0.495 e. The van der Waals surface area contributed by atoms with E-state index in [4.69, 9.17) is 4.74 Å². The number of hydrogen-bond donors (Lipinski definition) is 0. The lowest BCUT2D eigenvalue weighted by atomic mass is 9.97. The van der Waals surface area contributed by atoms with Crippen LogP contribution in [0.25, 0.3) is 0 Å². The molecular weight excluding hydrogens is 360 g/mol. The van der Waals surface area contributed by atoms with Gasteiger partial charge in [-0.3, -0.25) is 4.79 Å². The van der Waals surface area contributed by atoms with Gasteiger partial charge < -0.3 is 9.64 Å². The number of thiazole rings is 1. The van der Waals surface area contributed by atoms with Gasteiger partial charge in [0.1, 0.15) is 10.6 Å². The fourth-order valence-electron chi connectivity index (χ4n) is 3.05. The van der Waals surface area contributed by atoms with Gasteiger partial charge in [-0.25, -0.2) is 13.4 Å². The monoisotopic (exact) mass is 380 g/mol. The Morgan fingerprint density at radius 1 is 1.32 bits per heavy atom. The van der Waals surface area contributed by atoms with E-state index >= 15 is 0 Å². The SMILES string of the molecule is COc1ccc(C(=O)N2CCC(c3nccs3)CC2)cc1S(C)(=O)=O. The fourth-order valence-corrected chi connectivity index (χ4v) is 4.72. The maximum atomic E-state index is 12.7. The number of carbonyl (C=O) groups excluding carboxylic acids is 1. The predicted octanol–water partition coefficient (Wildman–Crippen LogP) is 2.58. The molecule has 2 aromatic rings. The van der Waals surface area contributed by atoms with Gasteiger partial charge in [-0.05, 0) is 31.0 Å². The van der Waals surface area contributed by atoms with Gasteiger partial charge in [0.15, 0.2) is 9.84 Å². The van der Waals surface area contributed by atoms with Crippen molar-refractivity contribution in [1.82, 2.24) is 9.88 Å². The van der Waals surface area contributed by atoms with Crippen LogP contribution in [0.3, 0.4) is 0 Å². The van der Waals surface area contributed by atoms with E-state index in [1.54, 1.807) is 22.3 Å². The van der Waals surface area contributed by atoms with Gasteiger partial charge in [-0.15, -0.1) is 11.3 Å². The summed E-state index contributed by atoms with van der Waals surface area (Å²) in [5, 5.41) is 3.09. The minimum atomic E-state index is -3.47. The second kappa shape index (κ2) is 7.13. The summed E-state index contributed by atoms with van der Waals surface area (Å²) in [6.07, 6.45) is 4.66. The molecule has 25 heavy (non-hydrogen) atoms. The number of likely N-dealkylation sites (tertiary alicyclic amines) is 1. The topological polar surface area (TPSA) is 76.6 Å². The number of piperidine rings is 1. The van der Waals surface area contributed by atoms with Crippen molar-refractivity contribution in [2.75, 3.05) is 26.5 Å². The molecule has 0 unspecified atom stereocenters. The van der Waals surface area contributed by atoms with Crippen LogP contribution in [0.5, 0.6) is 5.75 Å². The summed E-state index contributed by atoms with van der Waals surface area (Å²) in [6.45, 7) is 1.28. The van der Waals surface area contributed by atoms with E-state index in [2.05, 4.69) is 4.98 Å². The average Bonchev–Trinajstić information content (AvgIpc) is 3.14. The van der Waals surface area contributed by atoms with E-state index in [1.165, 1.54) is 19.2 Å². The van der Waals surface area contributed by atoms with Crippen molar-refractivity contribution in [3.05, 3.63) is 40.3 Å². The van der Waals surface area contributed by atoms with Crippen LogP contribution < -0.4 is 4.74 Å². The molecule has 0 aliphatic carbocycles. The van der Waals surface area contributed by atoms with Crippen LogP contribution in [-0.2, 0) is 9.84 Å². The molecule has 8 heteroatoms. The van der Waals surface area contributed by atoms with Crippen molar-refractivity contribution >= 4 is 27.1 Å². The molecule has 1 aliphatic rings. The second-order valence-corrected chi connectivity index (χ2v) is 8.98. The Balaban J connectivity index is 1.76. The Hall–Kier alpha value is -1.93. The maximum absolute atomic E-state index is 12.7. The van der Waals surface area contributed by atoms with E-state index in [-0.39, 0.29) is 16.6 Å². The van der Waals surface area contributed by atoms with Gasteiger partial charge in [0, 0.05) is 42.4 Å². The third-order valence-electron chi connectivity index (χ3n) is 4.39. The van der Waals surface area contributed by atoms with Crippen LogP contribution in [0.2, 0.25) is 0 Å². The van der Waals surface area contributed by atoms with E-state index in [9.17, 15) is 13.2 Å². The van der Waals surface area contributed by atoms with Crippen molar-refractivity contribution in [3.63, 3.8) is 0 Å². The lowest BCUT2D eigenvalue weighted by molar-refractivity contribution is 0.0712. The van der Waals surface area contributed by atoms with Crippen molar-refractivity contribution in [2.45, 2.75) is 23.7 Å². The Morgan fingerprint density at radius 3 is 2.60 bits per heavy atom. The average molecular weight is 380 g/mol. The standard InChI is InChI=1S/C17H20N2O4S2/c1-23-14-4-3-13(11-15(14)25(2,21)22)17(20)19-8-5-12(6-9-19)16-18-7-10-24-16/h3-4,7,10-12H,5-6,8-9H2,1-2H3. The molecule has 1 aliphatic heterocycles. The molecule has 0 N–H and O–H groups in total. The number of ether oxygens (including phenoxy) is 1. The molecule has 1 saturated heterocycles. The Bertz CT molecular complexity index is 855. The molecule has 0 atom stereocenters. The number of aromatic nitrogens is 1. The second-order valence-electron chi connectivity index (χ2n) is 6.07. The van der Waals surface area contributed by atoms with Gasteiger partial charge >= 0.3 is 0 Å². The zero-order valence-electron chi connectivity index (χ0n) is 14.1. The molecule has 1 aromatic carbocycles. The summed E-state index contributed by atoms with van der Waals surface area (Å²) in [7, 11) is -2.06. The zero-order chi connectivity index (χ0) is 18.0. The van der Waals surface area contributed by atoms with Crippen molar-refractivity contribution < 1.29 is 17.9 Å². The van der Waals surface area contributed by atoms with Crippen molar-refractivity contribution in [1.29, 1.82) is 0 Å². The minimum Gasteiger partial charge on any atom is -0.495 e. The highest BCUT2D eigenvalue weighted by Crippen LogP contribution is 2.31. The molecule has 1 aromatic heterocycles. The Labute approximate surface area is 151 Å². The van der Waals surface area contributed by atoms with Gasteiger partial charge in [0.2, 0.25) is 0 Å². The molecule has 6 nitrogen and oxygen atoms in total. The number of methoxy groups -OCH3 is 1. The number of sulfone groups is 1. The van der Waals surface area contributed by atoms with Crippen LogP contribution in [0.4, 0.5) is 0 Å². The highest BCUT2D eigenvalue weighted by atomic mass is 32.2. The van der Waals surface area contributed by atoms with Crippen LogP contribution >= 0.6 is 11.3 Å². The molecule has 0 spiro atoms. The highest BCUT2D eigenvalue weighted by molar-refractivity contribution is 7.90. The third kappa shape index (κ3) is 3.85. The summed E-state index contributed by atoms with van der Waals surface area (Å²) in [5.74, 6) is 0.498. The van der Waals surface area contributed by atoms with Gasteiger partial charge in [-0.2, -0.15) is 0 Å². The van der Waals surface area contributed by atoms with E-state index in [0.29, 0.717) is 24.6 Å². The van der Waals surface area contributed by atoms with Crippen LogP contribution in [0.15, 0.2) is 34.7 Å². The van der Waals surface area contributed by atoms with Gasteiger partial charge in [0.25, 0.3) is 5.91 Å². The summed E-state index contributed by atoms with van der Waals surface area (Å²) >= 11 is 1.65. The fraction of sp³-hybridized carbons (Fsp3) is 0.412. The lowest BCUT2D eigenvalue weighted by Crippen LogP contribution is -2.38. The summed E-state index contributed by atoms with van der Waals surface area (Å²) in [4.78, 5) is 18.9. The van der Waals surface area contributed by atoms with Crippen LogP contribution in [0.1, 0.15) is 34.1 Å². The number of amides is 1. The molecule has 2 heterocycles. The first kappa shape index (κ1) is 17.9. The third-order valence-corrected chi connectivity index (χ3v) is 6.45. The lowest BCUT2D eigenvalue weighted by Gasteiger charge is -2.31. The van der Waals surface area contributed by atoms with E-state index in [1.807, 2.05) is 11.6 Å². The summed E-state index contributed by atoms with van der Waals surface area (Å²) in [6, 6.07) is 4.55. The first-order chi connectivity index (χ1) is 11.9. The molecule has 0 bridgehead atoms. The smallest absolute Gasteiger partial charge is 0.253 e. The maximum Gasteiger partial charge on any atom is 0.253 e. The van der Waals surface area contributed by atoms with Crippen molar-refractivity contribution in [2.24, 2.45) is 0 Å². The molecule has 134 valence electrons. The molecule has 0 saturated carbocycles. The van der Waals surface area contributed by atoms with Crippen LogP contribution in [-0.4, -0.2) is 50.7 Å². The molecule has 1 fully saturated rings. The number of hydrogen-bond acceptors (Lipinski definition) is 6. The summed E-state index contributed by atoms with van der Waals surface area (Å²) < 4.78 is 29.0. The molecule has 3 rings (SSSR count). The van der Waals surface area contributed by atoms with Crippen molar-refractivity contribution in [3.8, 4) is 5.75 Å². The number of carbonyl (C=O) groups is 1. The van der Waals surface area contributed by atoms with Crippen LogP contribution in [0, 0.1) is 0 Å². The minimum absolute atomic E-state index is 0.0403. The first-order valence-corrected chi connectivity index (χ1v) is 10.7. The normalized spacial score (nSPS) is 16.0. The number of rotatable bonds is 4. The Morgan fingerprint density at radius 2 is 2.04 bits per heavy atom. The predicted molar refractivity (Wildman–Crippen MR) is 96.1 cm³/mol. The van der Waals surface area contributed by atoms with E-state index < -0.39 is 9.84 Å². The molecule has 1 amide bonds. The first-order valence-electron chi connectivity index (χ1n) is 7.97. The Kier molecular flexibility index (Phi) is 5.10. The van der Waals surface area contributed by atoms with Gasteiger partial charge in [-0.1, -0.05) is 0 Å². The van der Waals surface area contributed by atoms with Gasteiger partial charge in [0.05, 0.1) is 12.1 Å². The number of benzene rings is 1. The summed E-state index contributed by atoms with van der Waals surface area (Å²) in [5.41, 5.74) is 0.369. The molecule has 0 radical (unpaired) electrons.